The minimum absolute atomic E-state index is 0.0656. The van der Waals surface area contributed by atoms with Crippen molar-refractivity contribution in [2.75, 3.05) is 11.9 Å². The van der Waals surface area contributed by atoms with Gasteiger partial charge in [0.1, 0.15) is 5.82 Å². The molecule has 174 valence electrons. The first kappa shape index (κ1) is 23.0. The van der Waals surface area contributed by atoms with Gasteiger partial charge in [0, 0.05) is 12.2 Å². The number of hydrogen-bond acceptors (Lipinski definition) is 4. The molecule has 0 aliphatic carbocycles. The van der Waals surface area contributed by atoms with Gasteiger partial charge in [0.2, 0.25) is 5.91 Å². The summed E-state index contributed by atoms with van der Waals surface area (Å²) in [6, 6.07) is 20.8. The summed E-state index contributed by atoms with van der Waals surface area (Å²) in [6.45, 7) is 2.45. The molecule has 1 aliphatic rings. The molecule has 0 radical (unpaired) electrons. The van der Waals surface area contributed by atoms with E-state index < -0.39 is 30.0 Å². The molecule has 7 nitrogen and oxygen atoms in total. The number of nitrogens with zero attached hydrogens (tertiary/aromatic N) is 1. The van der Waals surface area contributed by atoms with E-state index in [0.717, 1.165) is 5.56 Å². The fourth-order valence-electron chi connectivity index (χ4n) is 3.87. The molecule has 3 aromatic carbocycles. The lowest BCUT2D eigenvalue weighted by atomic mass is 10.00. The molecule has 0 spiro atoms. The molecule has 3 amide bonds. The van der Waals surface area contributed by atoms with E-state index >= 15 is 0 Å². The predicted molar refractivity (Wildman–Crippen MR) is 124 cm³/mol. The molecule has 3 aromatic rings. The van der Waals surface area contributed by atoms with Gasteiger partial charge in [0.15, 0.2) is 12.1 Å². The Kier molecular flexibility index (Phi) is 6.87. The Balaban J connectivity index is 1.54. The van der Waals surface area contributed by atoms with Crippen LogP contribution in [0.2, 0.25) is 0 Å². The molecule has 1 heterocycles. The van der Waals surface area contributed by atoms with Crippen LogP contribution in [-0.2, 0) is 16.1 Å². The Morgan fingerprint density at radius 3 is 2.32 bits per heavy atom. The average molecular weight is 461 g/mol. The fourth-order valence-corrected chi connectivity index (χ4v) is 3.87. The standard InChI is InChI=1S/C26H24FN3O4/c1-2-28-25(32)22-23(34-26(33)30(22)16-17-8-4-3-5-9-17)18-12-14-19(15-13-18)29-24(31)20-10-6-7-11-21(20)27/h3-15,22-23H,2,16H2,1H3,(H,28,32)(H,29,31). The molecule has 2 N–H and O–H groups in total. The second-order valence-electron chi connectivity index (χ2n) is 7.81. The smallest absolute Gasteiger partial charge is 0.411 e. The monoisotopic (exact) mass is 461 g/mol. The van der Waals surface area contributed by atoms with Crippen molar-refractivity contribution in [2.24, 2.45) is 0 Å². The Bertz CT molecular complexity index is 1180. The first-order chi connectivity index (χ1) is 16.5. The summed E-state index contributed by atoms with van der Waals surface area (Å²) in [7, 11) is 0. The van der Waals surface area contributed by atoms with Crippen LogP contribution < -0.4 is 10.6 Å². The Morgan fingerprint density at radius 1 is 0.971 bits per heavy atom. The van der Waals surface area contributed by atoms with Gasteiger partial charge in [-0.05, 0) is 42.3 Å². The highest BCUT2D eigenvalue weighted by molar-refractivity contribution is 6.04. The zero-order valence-corrected chi connectivity index (χ0v) is 18.5. The van der Waals surface area contributed by atoms with Gasteiger partial charge in [-0.2, -0.15) is 0 Å². The first-order valence-corrected chi connectivity index (χ1v) is 10.9. The molecule has 0 bridgehead atoms. The number of anilines is 1. The molecule has 1 fully saturated rings. The number of halogens is 1. The third-order valence-electron chi connectivity index (χ3n) is 5.52. The lowest BCUT2D eigenvalue weighted by Crippen LogP contribution is -2.46. The number of nitrogens with one attached hydrogen (secondary N) is 2. The van der Waals surface area contributed by atoms with Crippen LogP contribution in [0.15, 0.2) is 78.9 Å². The number of ether oxygens (including phenoxy) is 1. The Morgan fingerprint density at radius 2 is 1.65 bits per heavy atom. The van der Waals surface area contributed by atoms with Crippen LogP contribution in [-0.4, -0.2) is 35.4 Å². The van der Waals surface area contributed by atoms with Gasteiger partial charge in [0.25, 0.3) is 5.91 Å². The van der Waals surface area contributed by atoms with Crippen molar-refractivity contribution >= 4 is 23.6 Å². The van der Waals surface area contributed by atoms with Crippen molar-refractivity contribution in [2.45, 2.75) is 25.6 Å². The van der Waals surface area contributed by atoms with Crippen LogP contribution >= 0.6 is 0 Å². The van der Waals surface area contributed by atoms with E-state index in [1.54, 1.807) is 37.3 Å². The van der Waals surface area contributed by atoms with Gasteiger partial charge in [0.05, 0.1) is 12.1 Å². The number of benzene rings is 3. The van der Waals surface area contributed by atoms with Crippen molar-refractivity contribution in [1.29, 1.82) is 0 Å². The van der Waals surface area contributed by atoms with Gasteiger partial charge >= 0.3 is 6.09 Å². The normalized spacial score (nSPS) is 17.2. The second kappa shape index (κ2) is 10.2. The van der Waals surface area contributed by atoms with Crippen LogP contribution in [0.25, 0.3) is 0 Å². The number of cyclic esters (lactones) is 1. The molecular weight excluding hydrogens is 437 g/mol. The number of likely N-dealkylation sites (N-methyl/N-ethyl adjacent to an activating group) is 1. The maximum absolute atomic E-state index is 13.9. The molecule has 1 aliphatic heterocycles. The van der Waals surface area contributed by atoms with E-state index in [4.69, 9.17) is 4.74 Å². The highest BCUT2D eigenvalue weighted by atomic mass is 19.1. The summed E-state index contributed by atoms with van der Waals surface area (Å²) < 4.78 is 19.5. The Hall–Kier alpha value is -4.20. The van der Waals surface area contributed by atoms with Crippen molar-refractivity contribution in [1.82, 2.24) is 10.2 Å². The number of rotatable bonds is 7. The topological polar surface area (TPSA) is 87.7 Å². The van der Waals surface area contributed by atoms with E-state index in [9.17, 15) is 18.8 Å². The maximum Gasteiger partial charge on any atom is 0.411 e. The molecule has 8 heteroatoms. The number of hydrogen-bond donors (Lipinski definition) is 2. The van der Waals surface area contributed by atoms with E-state index in [1.165, 1.54) is 23.1 Å². The first-order valence-electron chi connectivity index (χ1n) is 10.9. The highest BCUT2D eigenvalue weighted by Gasteiger charge is 2.46. The van der Waals surface area contributed by atoms with Gasteiger partial charge < -0.3 is 15.4 Å². The summed E-state index contributed by atoms with van der Waals surface area (Å²) in [6.07, 6.45) is -1.40. The van der Waals surface area contributed by atoms with Crippen LogP contribution in [0.1, 0.15) is 34.5 Å². The number of carbonyl (C=O) groups excluding carboxylic acids is 3. The van der Waals surface area contributed by atoms with E-state index in [2.05, 4.69) is 10.6 Å². The van der Waals surface area contributed by atoms with Gasteiger partial charge in [-0.1, -0.05) is 54.6 Å². The molecular formula is C26H24FN3O4. The van der Waals surface area contributed by atoms with Crippen molar-refractivity contribution in [3.05, 3.63) is 101 Å². The summed E-state index contributed by atoms with van der Waals surface area (Å²) in [5.41, 5.74) is 1.85. The van der Waals surface area contributed by atoms with Crippen molar-refractivity contribution in [3.8, 4) is 0 Å². The maximum atomic E-state index is 13.9. The zero-order valence-electron chi connectivity index (χ0n) is 18.5. The predicted octanol–water partition coefficient (Wildman–Crippen LogP) is 4.28. The SMILES string of the molecule is CCNC(=O)C1C(c2ccc(NC(=O)c3ccccc3F)cc2)OC(=O)N1Cc1ccccc1. The van der Waals surface area contributed by atoms with Gasteiger partial charge in [-0.3, -0.25) is 14.5 Å². The molecule has 1 saturated heterocycles. The van der Waals surface area contributed by atoms with Crippen molar-refractivity contribution < 1.29 is 23.5 Å². The minimum atomic E-state index is -0.855. The third kappa shape index (κ3) is 4.91. The summed E-state index contributed by atoms with van der Waals surface area (Å²) >= 11 is 0. The largest absolute Gasteiger partial charge is 0.438 e. The molecule has 2 atom stereocenters. The van der Waals surface area contributed by atoms with E-state index in [-0.39, 0.29) is 18.0 Å². The lowest BCUT2D eigenvalue weighted by Gasteiger charge is -2.24. The van der Waals surface area contributed by atoms with Gasteiger partial charge in [-0.25, -0.2) is 9.18 Å². The average Bonchev–Trinajstić information content (AvgIpc) is 3.16. The Labute approximate surface area is 196 Å². The molecule has 0 saturated carbocycles. The second-order valence-corrected chi connectivity index (χ2v) is 7.81. The van der Waals surface area contributed by atoms with Crippen LogP contribution in [0.5, 0.6) is 0 Å². The van der Waals surface area contributed by atoms with Crippen LogP contribution in [0.4, 0.5) is 14.9 Å². The quantitative estimate of drug-likeness (QED) is 0.550. The minimum Gasteiger partial charge on any atom is -0.438 e. The summed E-state index contributed by atoms with van der Waals surface area (Å²) in [4.78, 5) is 39.4. The molecule has 0 aromatic heterocycles. The molecule has 34 heavy (non-hydrogen) atoms. The fraction of sp³-hybridized carbons (Fsp3) is 0.192. The van der Waals surface area contributed by atoms with E-state index in [1.807, 2.05) is 30.3 Å². The lowest BCUT2D eigenvalue weighted by molar-refractivity contribution is -0.126. The van der Waals surface area contributed by atoms with Crippen molar-refractivity contribution in [3.63, 3.8) is 0 Å². The summed E-state index contributed by atoms with van der Waals surface area (Å²) in [5.74, 6) is -1.50. The zero-order chi connectivity index (χ0) is 24.1. The highest BCUT2D eigenvalue weighted by Crippen LogP contribution is 2.34. The summed E-state index contributed by atoms with van der Waals surface area (Å²) in [5, 5.41) is 5.42. The van der Waals surface area contributed by atoms with Crippen LogP contribution in [0, 0.1) is 5.82 Å². The molecule has 4 rings (SSSR count). The van der Waals surface area contributed by atoms with Gasteiger partial charge in [-0.15, -0.1) is 0 Å². The third-order valence-corrected chi connectivity index (χ3v) is 5.52. The number of amides is 3. The van der Waals surface area contributed by atoms with Crippen LogP contribution in [0.3, 0.4) is 0 Å². The molecule has 2 unspecified atom stereocenters. The van der Waals surface area contributed by atoms with E-state index in [0.29, 0.717) is 17.8 Å². The number of carbonyl (C=O) groups is 3.